The molecule has 0 radical (unpaired) electrons. The number of oxime groups is 1. The standard InChI is InChI=1S/C12H24N4O2/c1-4-16(5-2)8-9(3)14-11(17)12(6-7-12)10(13)15-18/h9,18H,4-8H2,1-3H3,(H2,13,15)(H,14,17). The fourth-order valence-electron chi connectivity index (χ4n) is 2.10. The second-order valence-corrected chi connectivity index (χ2v) is 4.93. The zero-order valence-electron chi connectivity index (χ0n) is 11.4. The topological polar surface area (TPSA) is 91.0 Å². The van der Waals surface area contributed by atoms with Crippen molar-refractivity contribution in [2.75, 3.05) is 19.6 Å². The van der Waals surface area contributed by atoms with Gasteiger partial charge in [0.2, 0.25) is 5.91 Å². The van der Waals surface area contributed by atoms with Crippen LogP contribution in [-0.2, 0) is 4.79 Å². The molecule has 1 atom stereocenters. The molecule has 1 fully saturated rings. The van der Waals surface area contributed by atoms with Crippen molar-refractivity contribution >= 4 is 11.7 Å². The zero-order valence-corrected chi connectivity index (χ0v) is 11.4. The first kappa shape index (κ1) is 14.8. The molecule has 1 aliphatic carbocycles. The average molecular weight is 256 g/mol. The molecule has 1 amide bonds. The van der Waals surface area contributed by atoms with Crippen LogP contribution in [0.1, 0.15) is 33.6 Å². The van der Waals surface area contributed by atoms with E-state index < -0.39 is 5.41 Å². The smallest absolute Gasteiger partial charge is 0.234 e. The normalized spacial score (nSPS) is 19.7. The van der Waals surface area contributed by atoms with Crippen molar-refractivity contribution in [1.29, 1.82) is 0 Å². The van der Waals surface area contributed by atoms with Crippen LogP contribution < -0.4 is 11.1 Å². The minimum absolute atomic E-state index is 0.0232. The van der Waals surface area contributed by atoms with Crippen LogP contribution in [0.25, 0.3) is 0 Å². The van der Waals surface area contributed by atoms with Crippen molar-refractivity contribution in [3.8, 4) is 0 Å². The van der Waals surface area contributed by atoms with Gasteiger partial charge in [-0.25, -0.2) is 0 Å². The Labute approximate surface area is 108 Å². The Kier molecular flexibility index (Phi) is 4.95. The highest BCUT2D eigenvalue weighted by molar-refractivity contribution is 6.09. The van der Waals surface area contributed by atoms with Gasteiger partial charge in [0.25, 0.3) is 0 Å². The van der Waals surface area contributed by atoms with E-state index in [4.69, 9.17) is 10.9 Å². The summed E-state index contributed by atoms with van der Waals surface area (Å²) in [5.74, 6) is -0.104. The van der Waals surface area contributed by atoms with Crippen molar-refractivity contribution < 1.29 is 10.0 Å². The predicted octanol–water partition coefficient (Wildman–Crippen LogP) is 0.360. The monoisotopic (exact) mass is 256 g/mol. The Morgan fingerprint density at radius 1 is 1.50 bits per heavy atom. The summed E-state index contributed by atoms with van der Waals surface area (Å²) in [6.45, 7) is 8.89. The molecule has 0 aliphatic heterocycles. The molecule has 104 valence electrons. The fraction of sp³-hybridized carbons (Fsp3) is 0.833. The lowest BCUT2D eigenvalue weighted by atomic mass is 10.0. The second-order valence-electron chi connectivity index (χ2n) is 4.93. The number of nitrogens with zero attached hydrogens (tertiary/aromatic N) is 2. The maximum absolute atomic E-state index is 12.1. The van der Waals surface area contributed by atoms with Crippen molar-refractivity contribution in [2.45, 2.75) is 39.7 Å². The number of likely N-dealkylation sites (N-methyl/N-ethyl adjacent to an activating group) is 1. The third kappa shape index (κ3) is 3.13. The van der Waals surface area contributed by atoms with Gasteiger partial charge < -0.3 is 21.2 Å². The Balaban J connectivity index is 2.50. The molecule has 4 N–H and O–H groups in total. The van der Waals surface area contributed by atoms with Crippen LogP contribution in [0.3, 0.4) is 0 Å². The molecular weight excluding hydrogens is 232 g/mol. The molecule has 1 rings (SSSR count). The third-order valence-corrected chi connectivity index (χ3v) is 3.59. The third-order valence-electron chi connectivity index (χ3n) is 3.59. The molecule has 1 unspecified atom stereocenters. The molecule has 0 saturated heterocycles. The van der Waals surface area contributed by atoms with E-state index in [-0.39, 0.29) is 17.8 Å². The number of rotatable bonds is 7. The van der Waals surface area contributed by atoms with E-state index >= 15 is 0 Å². The van der Waals surface area contributed by atoms with Gasteiger partial charge in [-0.2, -0.15) is 0 Å². The molecule has 1 saturated carbocycles. The number of amidine groups is 1. The molecule has 0 aromatic carbocycles. The summed E-state index contributed by atoms with van der Waals surface area (Å²) in [6, 6.07) is 0.0568. The fourth-order valence-corrected chi connectivity index (χ4v) is 2.10. The lowest BCUT2D eigenvalue weighted by Crippen LogP contribution is -2.47. The Morgan fingerprint density at radius 3 is 2.44 bits per heavy atom. The first-order valence-corrected chi connectivity index (χ1v) is 6.51. The van der Waals surface area contributed by atoms with Crippen molar-refractivity contribution in [3.63, 3.8) is 0 Å². The summed E-state index contributed by atoms with van der Waals surface area (Å²) in [5.41, 5.74) is 4.81. The number of hydrogen-bond acceptors (Lipinski definition) is 4. The summed E-state index contributed by atoms with van der Waals surface area (Å²) in [7, 11) is 0. The van der Waals surface area contributed by atoms with Gasteiger partial charge in [-0.1, -0.05) is 19.0 Å². The van der Waals surface area contributed by atoms with E-state index in [1.165, 1.54) is 0 Å². The van der Waals surface area contributed by atoms with E-state index in [1.54, 1.807) is 0 Å². The molecule has 6 nitrogen and oxygen atoms in total. The van der Waals surface area contributed by atoms with E-state index in [0.717, 1.165) is 19.6 Å². The highest BCUT2D eigenvalue weighted by atomic mass is 16.4. The first-order chi connectivity index (χ1) is 8.50. The van der Waals surface area contributed by atoms with E-state index in [0.29, 0.717) is 12.8 Å². The summed E-state index contributed by atoms with van der Waals surface area (Å²) in [5, 5.41) is 14.6. The van der Waals surface area contributed by atoms with E-state index in [1.807, 2.05) is 6.92 Å². The summed E-state index contributed by atoms with van der Waals surface area (Å²) in [6.07, 6.45) is 1.32. The molecule has 0 heterocycles. The largest absolute Gasteiger partial charge is 0.409 e. The molecule has 0 aromatic rings. The van der Waals surface area contributed by atoms with Gasteiger partial charge in [0, 0.05) is 12.6 Å². The maximum atomic E-state index is 12.1. The van der Waals surface area contributed by atoms with E-state index in [9.17, 15) is 4.79 Å². The van der Waals surface area contributed by atoms with Crippen molar-refractivity contribution in [2.24, 2.45) is 16.3 Å². The van der Waals surface area contributed by atoms with Gasteiger partial charge in [-0.15, -0.1) is 0 Å². The highest BCUT2D eigenvalue weighted by Gasteiger charge is 2.54. The lowest BCUT2D eigenvalue weighted by molar-refractivity contribution is -0.124. The number of nitrogens with two attached hydrogens (primary N) is 1. The minimum Gasteiger partial charge on any atom is -0.409 e. The minimum atomic E-state index is -0.758. The molecule has 6 heteroatoms. The number of carbonyl (C=O) groups excluding carboxylic acids is 1. The Bertz CT molecular complexity index is 322. The van der Waals surface area contributed by atoms with Gasteiger partial charge in [-0.3, -0.25) is 4.79 Å². The highest BCUT2D eigenvalue weighted by Crippen LogP contribution is 2.46. The Morgan fingerprint density at radius 2 is 2.06 bits per heavy atom. The first-order valence-electron chi connectivity index (χ1n) is 6.51. The number of nitrogens with one attached hydrogen (secondary N) is 1. The SMILES string of the molecule is CCN(CC)CC(C)NC(=O)C1(C(N)=NO)CC1. The molecule has 0 spiro atoms. The number of hydrogen-bond donors (Lipinski definition) is 3. The molecule has 0 bridgehead atoms. The molecule has 1 aliphatic rings. The zero-order chi connectivity index (χ0) is 13.8. The van der Waals surface area contributed by atoms with Crippen molar-refractivity contribution in [3.05, 3.63) is 0 Å². The lowest BCUT2D eigenvalue weighted by Gasteiger charge is -2.25. The maximum Gasteiger partial charge on any atom is 0.234 e. The number of amides is 1. The van der Waals surface area contributed by atoms with E-state index in [2.05, 4.69) is 29.2 Å². The van der Waals surface area contributed by atoms with Crippen LogP contribution in [-0.4, -0.2) is 47.5 Å². The predicted molar refractivity (Wildman–Crippen MR) is 70.5 cm³/mol. The summed E-state index contributed by atoms with van der Waals surface area (Å²) < 4.78 is 0. The van der Waals surface area contributed by atoms with Crippen LogP contribution in [0, 0.1) is 5.41 Å². The van der Waals surface area contributed by atoms with Crippen LogP contribution in [0.4, 0.5) is 0 Å². The summed E-state index contributed by atoms with van der Waals surface area (Å²) >= 11 is 0. The van der Waals surface area contributed by atoms with Crippen molar-refractivity contribution in [1.82, 2.24) is 10.2 Å². The Hall–Kier alpha value is -1.30. The van der Waals surface area contributed by atoms with Gasteiger partial charge in [0.05, 0.1) is 0 Å². The summed E-state index contributed by atoms with van der Waals surface area (Å²) in [4.78, 5) is 14.3. The molecule has 0 aromatic heterocycles. The number of carbonyl (C=O) groups is 1. The van der Waals surface area contributed by atoms with Crippen LogP contribution in [0.5, 0.6) is 0 Å². The van der Waals surface area contributed by atoms with Crippen LogP contribution >= 0.6 is 0 Å². The van der Waals surface area contributed by atoms with Gasteiger partial charge >= 0.3 is 0 Å². The quantitative estimate of drug-likeness (QED) is 0.265. The second kappa shape index (κ2) is 6.04. The van der Waals surface area contributed by atoms with Gasteiger partial charge in [0.15, 0.2) is 5.84 Å². The van der Waals surface area contributed by atoms with Crippen LogP contribution in [0.2, 0.25) is 0 Å². The molecule has 18 heavy (non-hydrogen) atoms. The molecular formula is C12H24N4O2. The van der Waals surface area contributed by atoms with Gasteiger partial charge in [-0.05, 0) is 32.9 Å². The average Bonchev–Trinajstić information content (AvgIpc) is 3.16. The van der Waals surface area contributed by atoms with Crippen LogP contribution in [0.15, 0.2) is 5.16 Å². The van der Waals surface area contributed by atoms with Gasteiger partial charge in [0.1, 0.15) is 5.41 Å².